The largest absolute Gasteiger partial charge is 0.307 e. The van der Waals surface area contributed by atoms with Crippen LogP contribution in [0.5, 0.6) is 0 Å². The lowest BCUT2D eigenvalue weighted by Gasteiger charge is -2.17. The molecule has 1 unspecified atom stereocenters. The molecule has 0 aliphatic rings. The minimum absolute atomic E-state index is 0.246. The van der Waals surface area contributed by atoms with E-state index in [2.05, 4.69) is 46.5 Å². The lowest BCUT2D eigenvalue weighted by molar-refractivity contribution is 0.564. The highest BCUT2D eigenvalue weighted by molar-refractivity contribution is 7.10. The molecular formula is C13H19N3S. The zero-order valence-electron chi connectivity index (χ0n) is 10.8. The number of thiophene rings is 1. The number of nitrogens with zero attached hydrogens (tertiary/aromatic N) is 2. The van der Waals surface area contributed by atoms with Crippen molar-refractivity contribution in [3.05, 3.63) is 39.3 Å². The number of rotatable bonds is 4. The number of aromatic nitrogens is 2. The lowest BCUT2D eigenvalue weighted by Crippen LogP contribution is -2.21. The van der Waals surface area contributed by atoms with E-state index in [0.717, 1.165) is 12.2 Å². The van der Waals surface area contributed by atoms with Gasteiger partial charge < -0.3 is 5.32 Å². The maximum Gasteiger partial charge on any atom is 0.0842 e. The quantitative estimate of drug-likeness (QED) is 0.903. The maximum absolute atomic E-state index is 4.52. The number of aryl methyl sites for hydroxylation is 3. The van der Waals surface area contributed by atoms with Gasteiger partial charge in [0, 0.05) is 11.4 Å². The van der Waals surface area contributed by atoms with Crippen LogP contribution in [0.2, 0.25) is 0 Å². The summed E-state index contributed by atoms with van der Waals surface area (Å²) in [5, 5.41) is 10.1. The molecule has 0 amide bonds. The van der Waals surface area contributed by atoms with E-state index < -0.39 is 0 Å². The van der Waals surface area contributed by atoms with Crippen molar-refractivity contribution in [3.63, 3.8) is 0 Å². The SMILES string of the molecule is CCn1nc(C)cc1C(NC)c1sccc1C. The standard InChI is InChI=1S/C13H19N3S/c1-5-16-11(8-10(3)15-16)12(14-4)13-9(2)6-7-17-13/h6-8,12,14H,5H2,1-4H3. The van der Waals surface area contributed by atoms with E-state index >= 15 is 0 Å². The van der Waals surface area contributed by atoms with Gasteiger partial charge in [-0.3, -0.25) is 4.68 Å². The van der Waals surface area contributed by atoms with Crippen molar-refractivity contribution in [1.82, 2.24) is 15.1 Å². The van der Waals surface area contributed by atoms with Crippen molar-refractivity contribution < 1.29 is 0 Å². The lowest BCUT2D eigenvalue weighted by atomic mass is 10.1. The first-order valence-electron chi connectivity index (χ1n) is 5.93. The fraction of sp³-hybridized carbons (Fsp3) is 0.462. The Morgan fingerprint density at radius 1 is 1.47 bits per heavy atom. The van der Waals surface area contributed by atoms with Crippen LogP contribution in [0.3, 0.4) is 0 Å². The van der Waals surface area contributed by atoms with Crippen LogP contribution in [-0.2, 0) is 6.54 Å². The van der Waals surface area contributed by atoms with E-state index in [1.54, 1.807) is 11.3 Å². The highest BCUT2D eigenvalue weighted by atomic mass is 32.1. The second-order valence-corrected chi connectivity index (χ2v) is 5.16. The molecule has 0 saturated heterocycles. The highest BCUT2D eigenvalue weighted by Crippen LogP contribution is 2.29. The predicted molar refractivity (Wildman–Crippen MR) is 72.6 cm³/mol. The average Bonchev–Trinajstić information content (AvgIpc) is 2.88. The van der Waals surface area contributed by atoms with Crippen LogP contribution in [0.25, 0.3) is 0 Å². The smallest absolute Gasteiger partial charge is 0.0842 e. The second-order valence-electron chi connectivity index (χ2n) is 4.22. The zero-order valence-corrected chi connectivity index (χ0v) is 11.6. The molecule has 4 heteroatoms. The summed E-state index contributed by atoms with van der Waals surface area (Å²) in [5.74, 6) is 0. The van der Waals surface area contributed by atoms with Gasteiger partial charge in [-0.15, -0.1) is 11.3 Å². The summed E-state index contributed by atoms with van der Waals surface area (Å²) in [6, 6.07) is 4.59. The summed E-state index contributed by atoms with van der Waals surface area (Å²) in [7, 11) is 2.01. The molecule has 2 heterocycles. The molecule has 0 aromatic carbocycles. The van der Waals surface area contributed by atoms with Gasteiger partial charge in [-0.2, -0.15) is 5.10 Å². The molecule has 2 aromatic heterocycles. The van der Waals surface area contributed by atoms with Crippen molar-refractivity contribution in [3.8, 4) is 0 Å². The summed E-state index contributed by atoms with van der Waals surface area (Å²) >= 11 is 1.80. The third-order valence-electron chi connectivity index (χ3n) is 2.98. The molecule has 1 atom stereocenters. The Hall–Kier alpha value is -1.13. The zero-order chi connectivity index (χ0) is 12.4. The minimum Gasteiger partial charge on any atom is -0.307 e. The molecule has 0 aliphatic heterocycles. The Morgan fingerprint density at radius 3 is 2.76 bits per heavy atom. The van der Waals surface area contributed by atoms with E-state index in [0.29, 0.717) is 0 Å². The Kier molecular flexibility index (Phi) is 3.64. The highest BCUT2D eigenvalue weighted by Gasteiger charge is 2.19. The molecule has 3 nitrogen and oxygen atoms in total. The first kappa shape index (κ1) is 12.3. The summed E-state index contributed by atoms with van der Waals surface area (Å²) in [5.41, 5.74) is 3.67. The number of hydrogen-bond donors (Lipinski definition) is 1. The molecule has 1 N–H and O–H groups in total. The Labute approximate surface area is 106 Å². The van der Waals surface area contributed by atoms with Crippen LogP contribution in [0.4, 0.5) is 0 Å². The normalized spacial score (nSPS) is 12.9. The van der Waals surface area contributed by atoms with E-state index in [1.165, 1.54) is 16.1 Å². The van der Waals surface area contributed by atoms with E-state index in [1.807, 2.05) is 14.0 Å². The minimum atomic E-state index is 0.246. The van der Waals surface area contributed by atoms with Gasteiger partial charge in [0.25, 0.3) is 0 Å². The van der Waals surface area contributed by atoms with Gasteiger partial charge in [-0.25, -0.2) is 0 Å². The van der Waals surface area contributed by atoms with Gasteiger partial charge in [-0.1, -0.05) is 0 Å². The van der Waals surface area contributed by atoms with Crippen molar-refractivity contribution >= 4 is 11.3 Å². The van der Waals surface area contributed by atoms with Crippen molar-refractivity contribution in [2.45, 2.75) is 33.4 Å². The first-order valence-corrected chi connectivity index (χ1v) is 6.81. The number of nitrogens with one attached hydrogen (secondary N) is 1. The molecule has 0 saturated carbocycles. The molecule has 2 aromatic rings. The first-order chi connectivity index (χ1) is 8.17. The fourth-order valence-electron chi connectivity index (χ4n) is 2.14. The van der Waals surface area contributed by atoms with Crippen LogP contribution in [-0.4, -0.2) is 16.8 Å². The van der Waals surface area contributed by atoms with Crippen LogP contribution in [0.15, 0.2) is 17.5 Å². The fourth-order valence-corrected chi connectivity index (χ4v) is 3.19. The third-order valence-corrected chi connectivity index (χ3v) is 4.06. The van der Waals surface area contributed by atoms with Gasteiger partial charge in [0.1, 0.15) is 0 Å². The maximum atomic E-state index is 4.52. The topological polar surface area (TPSA) is 29.9 Å². The van der Waals surface area contributed by atoms with Crippen LogP contribution >= 0.6 is 11.3 Å². The molecule has 2 rings (SSSR count). The molecule has 0 spiro atoms. The second kappa shape index (κ2) is 5.02. The Morgan fingerprint density at radius 2 is 2.24 bits per heavy atom. The van der Waals surface area contributed by atoms with Crippen LogP contribution in [0.1, 0.15) is 34.8 Å². The van der Waals surface area contributed by atoms with Crippen molar-refractivity contribution in [2.24, 2.45) is 0 Å². The van der Waals surface area contributed by atoms with E-state index in [4.69, 9.17) is 0 Å². The summed E-state index contributed by atoms with van der Waals surface area (Å²) in [6.45, 7) is 7.25. The van der Waals surface area contributed by atoms with Crippen LogP contribution in [0, 0.1) is 13.8 Å². The molecule has 0 aliphatic carbocycles. The molecule has 0 radical (unpaired) electrons. The third kappa shape index (κ3) is 2.28. The van der Waals surface area contributed by atoms with Crippen molar-refractivity contribution in [2.75, 3.05) is 7.05 Å². The monoisotopic (exact) mass is 249 g/mol. The van der Waals surface area contributed by atoms with E-state index in [9.17, 15) is 0 Å². The Bertz CT molecular complexity index is 498. The molecule has 17 heavy (non-hydrogen) atoms. The predicted octanol–water partition coefficient (Wildman–Crippen LogP) is 2.89. The summed E-state index contributed by atoms with van der Waals surface area (Å²) < 4.78 is 2.08. The van der Waals surface area contributed by atoms with Gasteiger partial charge in [-0.05, 0) is 50.9 Å². The number of hydrogen-bond acceptors (Lipinski definition) is 3. The van der Waals surface area contributed by atoms with Gasteiger partial charge in [0.15, 0.2) is 0 Å². The molecular weight excluding hydrogens is 230 g/mol. The molecule has 92 valence electrons. The Balaban J connectivity index is 2.45. The summed E-state index contributed by atoms with van der Waals surface area (Å²) in [6.07, 6.45) is 0. The van der Waals surface area contributed by atoms with Crippen LogP contribution < -0.4 is 5.32 Å². The van der Waals surface area contributed by atoms with Gasteiger partial charge in [0.05, 0.1) is 17.4 Å². The van der Waals surface area contributed by atoms with Gasteiger partial charge in [0.2, 0.25) is 0 Å². The average molecular weight is 249 g/mol. The van der Waals surface area contributed by atoms with Crippen molar-refractivity contribution in [1.29, 1.82) is 0 Å². The molecule has 0 fully saturated rings. The summed E-state index contributed by atoms with van der Waals surface area (Å²) in [4.78, 5) is 1.38. The molecule has 0 bridgehead atoms. The van der Waals surface area contributed by atoms with E-state index in [-0.39, 0.29) is 6.04 Å². The van der Waals surface area contributed by atoms with Gasteiger partial charge >= 0.3 is 0 Å².